The lowest BCUT2D eigenvalue weighted by Crippen LogP contribution is -2.51. The lowest BCUT2D eigenvalue weighted by Gasteiger charge is -2.34. The van der Waals surface area contributed by atoms with Gasteiger partial charge in [-0.3, -0.25) is 19.4 Å². The number of nitrogens with zero attached hydrogens (tertiary/aromatic N) is 3. The van der Waals surface area contributed by atoms with Gasteiger partial charge in [0.1, 0.15) is 6.04 Å². The Bertz CT molecular complexity index is 788. The highest BCUT2D eigenvalue weighted by Gasteiger charge is 2.36. The average Bonchev–Trinajstić information content (AvgIpc) is 2.99. The number of ether oxygens (including phenoxy) is 1. The van der Waals surface area contributed by atoms with Gasteiger partial charge >= 0.3 is 0 Å². The summed E-state index contributed by atoms with van der Waals surface area (Å²) in [6.45, 7) is 2.64. The Balaban J connectivity index is 1.77. The van der Waals surface area contributed by atoms with Gasteiger partial charge in [0, 0.05) is 38.4 Å². The van der Waals surface area contributed by atoms with Crippen LogP contribution in [0.1, 0.15) is 51.0 Å². The second kappa shape index (κ2) is 12.9. The van der Waals surface area contributed by atoms with Crippen molar-refractivity contribution >= 4 is 29.5 Å². The zero-order valence-corrected chi connectivity index (χ0v) is 20.5. The Kier molecular flexibility index (Phi) is 9.99. The number of pyridine rings is 1. The molecule has 3 rings (SSSR count). The zero-order chi connectivity index (χ0) is 23.6. The summed E-state index contributed by atoms with van der Waals surface area (Å²) in [5, 5.41) is 2.78. The summed E-state index contributed by atoms with van der Waals surface area (Å²) < 4.78 is 6.23. The molecule has 1 aromatic heterocycles. The molecule has 2 atom stereocenters. The predicted molar refractivity (Wildman–Crippen MR) is 129 cm³/mol. The van der Waals surface area contributed by atoms with Crippen molar-refractivity contribution in [3.05, 3.63) is 30.1 Å². The monoisotopic (exact) mass is 476 g/mol. The quantitative estimate of drug-likeness (QED) is 0.588. The van der Waals surface area contributed by atoms with Crippen molar-refractivity contribution in [3.8, 4) is 0 Å². The summed E-state index contributed by atoms with van der Waals surface area (Å²) in [5.41, 5.74) is 0.999. The van der Waals surface area contributed by atoms with Crippen molar-refractivity contribution in [2.75, 3.05) is 31.6 Å². The number of aromatic nitrogens is 1. The van der Waals surface area contributed by atoms with Crippen LogP contribution < -0.4 is 5.32 Å². The van der Waals surface area contributed by atoms with Crippen LogP contribution in [-0.2, 0) is 25.7 Å². The molecule has 2 heterocycles. The van der Waals surface area contributed by atoms with Crippen LogP contribution in [0.5, 0.6) is 0 Å². The molecule has 1 aromatic rings. The van der Waals surface area contributed by atoms with E-state index in [0.717, 1.165) is 37.0 Å². The number of rotatable bonds is 9. The van der Waals surface area contributed by atoms with E-state index in [1.54, 1.807) is 29.1 Å². The summed E-state index contributed by atoms with van der Waals surface area (Å²) in [4.78, 5) is 46.0. The Labute approximate surface area is 200 Å². The third kappa shape index (κ3) is 7.71. The van der Waals surface area contributed by atoms with Gasteiger partial charge in [0.15, 0.2) is 0 Å². The van der Waals surface area contributed by atoms with Crippen molar-refractivity contribution in [2.24, 2.45) is 0 Å². The summed E-state index contributed by atoms with van der Waals surface area (Å²) in [7, 11) is 0. The molecule has 1 saturated heterocycles. The van der Waals surface area contributed by atoms with Crippen molar-refractivity contribution in [1.29, 1.82) is 0 Å². The van der Waals surface area contributed by atoms with E-state index in [9.17, 15) is 14.4 Å². The maximum Gasteiger partial charge on any atom is 0.245 e. The molecule has 2 aliphatic rings. The molecule has 0 radical (unpaired) electrons. The van der Waals surface area contributed by atoms with Gasteiger partial charge in [-0.05, 0) is 49.0 Å². The molecular formula is C24H36N4O4S. The topological polar surface area (TPSA) is 91.8 Å². The molecule has 0 spiro atoms. The lowest BCUT2D eigenvalue weighted by molar-refractivity contribution is -0.142. The van der Waals surface area contributed by atoms with Gasteiger partial charge in [-0.1, -0.05) is 19.3 Å². The fourth-order valence-corrected chi connectivity index (χ4v) is 5.09. The predicted octanol–water partition coefficient (Wildman–Crippen LogP) is 2.23. The van der Waals surface area contributed by atoms with Gasteiger partial charge in [0.05, 0.1) is 19.3 Å². The van der Waals surface area contributed by atoms with Crippen LogP contribution in [0.3, 0.4) is 0 Å². The minimum Gasteiger partial charge on any atom is -0.370 e. The highest BCUT2D eigenvalue weighted by Crippen LogP contribution is 2.25. The number of thioether (sulfide) groups is 1. The Morgan fingerprint density at radius 3 is 2.61 bits per heavy atom. The summed E-state index contributed by atoms with van der Waals surface area (Å²) >= 11 is 1.62. The first-order chi connectivity index (χ1) is 16.0. The first kappa shape index (κ1) is 25.5. The van der Waals surface area contributed by atoms with E-state index in [4.69, 9.17) is 4.74 Å². The number of carbonyl (C=O) groups excluding carboxylic acids is 3. The Hall–Kier alpha value is -2.13. The SMILES string of the molecule is CSCC[C@H](NC(C)=O)C(=O)N1CC(=O)N(C2CCCCC2)C[C@H](OCc2ccncc2)C1. The molecular weight excluding hydrogens is 440 g/mol. The normalized spacial score (nSPS) is 20.9. The first-order valence-electron chi connectivity index (χ1n) is 11.8. The smallest absolute Gasteiger partial charge is 0.245 e. The Morgan fingerprint density at radius 1 is 1.21 bits per heavy atom. The van der Waals surface area contributed by atoms with Gasteiger partial charge in [-0.15, -0.1) is 0 Å². The molecule has 1 saturated carbocycles. The number of nitrogens with one attached hydrogen (secondary N) is 1. The van der Waals surface area contributed by atoms with Crippen LogP contribution in [0, 0.1) is 0 Å². The molecule has 2 fully saturated rings. The molecule has 1 aliphatic heterocycles. The van der Waals surface area contributed by atoms with E-state index in [-0.39, 0.29) is 36.4 Å². The van der Waals surface area contributed by atoms with Crippen LogP contribution in [0.2, 0.25) is 0 Å². The largest absolute Gasteiger partial charge is 0.370 e. The molecule has 0 unspecified atom stereocenters. The zero-order valence-electron chi connectivity index (χ0n) is 19.7. The summed E-state index contributed by atoms with van der Waals surface area (Å²) in [6, 6.07) is 3.37. The van der Waals surface area contributed by atoms with E-state index in [1.165, 1.54) is 13.3 Å². The van der Waals surface area contributed by atoms with Gasteiger partial charge in [0.2, 0.25) is 17.7 Å². The minimum atomic E-state index is -0.634. The van der Waals surface area contributed by atoms with E-state index in [1.807, 2.05) is 23.3 Å². The second-order valence-corrected chi connectivity index (χ2v) is 9.87. The maximum absolute atomic E-state index is 13.4. The van der Waals surface area contributed by atoms with Crippen molar-refractivity contribution < 1.29 is 19.1 Å². The summed E-state index contributed by atoms with van der Waals surface area (Å²) in [5.74, 6) is 0.256. The third-order valence-corrected chi connectivity index (χ3v) is 6.96. The molecule has 8 nitrogen and oxygen atoms in total. The highest BCUT2D eigenvalue weighted by molar-refractivity contribution is 7.98. The molecule has 0 bridgehead atoms. The van der Waals surface area contributed by atoms with Gasteiger partial charge in [0.25, 0.3) is 0 Å². The molecule has 33 heavy (non-hydrogen) atoms. The van der Waals surface area contributed by atoms with Crippen LogP contribution in [0.15, 0.2) is 24.5 Å². The highest BCUT2D eigenvalue weighted by atomic mass is 32.2. The van der Waals surface area contributed by atoms with Crippen molar-refractivity contribution in [3.63, 3.8) is 0 Å². The standard InChI is InChI=1S/C24H36N4O4S/c1-18(29)26-22(10-13-33-2)24(31)27-14-21(32-17-19-8-11-25-12-9-19)15-28(23(30)16-27)20-6-4-3-5-7-20/h8-9,11-12,20-22H,3-7,10,13-17H2,1-2H3,(H,26,29)/t21-,22+/m1/s1. The van der Waals surface area contributed by atoms with E-state index < -0.39 is 6.04 Å². The third-order valence-electron chi connectivity index (χ3n) is 6.32. The second-order valence-electron chi connectivity index (χ2n) is 8.88. The minimum absolute atomic E-state index is 0.0276. The molecule has 3 amide bonds. The van der Waals surface area contributed by atoms with Crippen LogP contribution in [-0.4, -0.2) is 82.3 Å². The number of hydrogen-bond donors (Lipinski definition) is 1. The molecule has 182 valence electrons. The first-order valence-corrected chi connectivity index (χ1v) is 13.2. The summed E-state index contributed by atoms with van der Waals surface area (Å²) in [6.07, 6.45) is 11.1. The lowest BCUT2D eigenvalue weighted by atomic mass is 9.94. The van der Waals surface area contributed by atoms with Crippen LogP contribution >= 0.6 is 11.8 Å². The molecule has 1 N–H and O–H groups in total. The van der Waals surface area contributed by atoms with Crippen molar-refractivity contribution in [2.45, 2.75) is 70.2 Å². The van der Waals surface area contributed by atoms with E-state index in [0.29, 0.717) is 26.1 Å². The molecule has 9 heteroatoms. The number of amides is 3. The van der Waals surface area contributed by atoms with Gasteiger partial charge < -0.3 is 19.9 Å². The molecule has 1 aliphatic carbocycles. The van der Waals surface area contributed by atoms with Gasteiger partial charge in [-0.2, -0.15) is 11.8 Å². The van der Waals surface area contributed by atoms with Gasteiger partial charge in [-0.25, -0.2) is 0 Å². The van der Waals surface area contributed by atoms with Crippen molar-refractivity contribution in [1.82, 2.24) is 20.1 Å². The Morgan fingerprint density at radius 2 is 1.94 bits per heavy atom. The van der Waals surface area contributed by atoms with E-state index >= 15 is 0 Å². The van der Waals surface area contributed by atoms with Crippen LogP contribution in [0.4, 0.5) is 0 Å². The average molecular weight is 477 g/mol. The van der Waals surface area contributed by atoms with E-state index in [2.05, 4.69) is 10.3 Å². The molecule has 0 aromatic carbocycles. The fourth-order valence-electron chi connectivity index (χ4n) is 4.61. The number of hydrogen-bond acceptors (Lipinski definition) is 6. The van der Waals surface area contributed by atoms with Crippen LogP contribution in [0.25, 0.3) is 0 Å². The fraction of sp³-hybridized carbons (Fsp3) is 0.667. The maximum atomic E-state index is 13.4. The number of carbonyl (C=O) groups is 3.